The molecule has 2 aromatic carbocycles. The Hall–Kier alpha value is -2.37. The third-order valence-corrected chi connectivity index (χ3v) is 6.06. The fraction of sp³-hybridized carbons (Fsp3) is 0.458. The molecule has 1 aliphatic heterocycles. The summed E-state index contributed by atoms with van der Waals surface area (Å²) in [6, 6.07) is 17.8. The SMILES string of the molecule is CCC(C(=O)NC(C)C1(c2ccccc2)CCCCN1)c1ccc(OCO)cc1. The van der Waals surface area contributed by atoms with E-state index in [0.29, 0.717) is 12.2 Å². The van der Waals surface area contributed by atoms with Crippen LogP contribution in [0.15, 0.2) is 54.6 Å². The molecule has 0 bridgehead atoms. The molecule has 1 amide bonds. The Morgan fingerprint density at radius 1 is 1.17 bits per heavy atom. The maximum atomic E-state index is 13.2. The van der Waals surface area contributed by atoms with Gasteiger partial charge in [-0.05, 0) is 62.4 Å². The second kappa shape index (κ2) is 9.90. The van der Waals surface area contributed by atoms with Crippen molar-refractivity contribution in [2.75, 3.05) is 13.3 Å². The van der Waals surface area contributed by atoms with Gasteiger partial charge in [-0.1, -0.05) is 49.4 Å². The van der Waals surface area contributed by atoms with Crippen molar-refractivity contribution in [2.24, 2.45) is 0 Å². The second-order valence-electron chi connectivity index (χ2n) is 7.75. The van der Waals surface area contributed by atoms with E-state index in [1.165, 1.54) is 5.56 Å². The lowest BCUT2D eigenvalue weighted by atomic mass is 9.76. The summed E-state index contributed by atoms with van der Waals surface area (Å²) in [6.07, 6.45) is 4.02. The van der Waals surface area contributed by atoms with Gasteiger partial charge in [0.1, 0.15) is 5.75 Å². The molecule has 0 aromatic heterocycles. The number of amides is 1. The summed E-state index contributed by atoms with van der Waals surface area (Å²) in [4.78, 5) is 13.2. The van der Waals surface area contributed by atoms with Gasteiger partial charge in [0.15, 0.2) is 6.79 Å². The maximum Gasteiger partial charge on any atom is 0.227 e. The fourth-order valence-electron chi connectivity index (χ4n) is 4.41. The van der Waals surface area contributed by atoms with E-state index < -0.39 is 0 Å². The molecule has 1 fully saturated rings. The molecule has 1 heterocycles. The van der Waals surface area contributed by atoms with Gasteiger partial charge in [-0.3, -0.25) is 4.79 Å². The van der Waals surface area contributed by atoms with Crippen LogP contribution < -0.4 is 15.4 Å². The predicted octanol–water partition coefficient (Wildman–Crippen LogP) is 3.68. The van der Waals surface area contributed by atoms with E-state index in [1.807, 2.05) is 25.1 Å². The van der Waals surface area contributed by atoms with E-state index in [4.69, 9.17) is 9.84 Å². The zero-order chi connectivity index (χ0) is 20.7. The van der Waals surface area contributed by atoms with E-state index in [2.05, 4.69) is 41.8 Å². The lowest BCUT2D eigenvalue weighted by Crippen LogP contribution is -2.59. The van der Waals surface area contributed by atoms with Crippen molar-refractivity contribution >= 4 is 5.91 Å². The largest absolute Gasteiger partial charge is 0.468 e. The van der Waals surface area contributed by atoms with Crippen molar-refractivity contribution < 1.29 is 14.6 Å². The molecule has 3 atom stereocenters. The molecule has 1 aliphatic rings. The molecule has 29 heavy (non-hydrogen) atoms. The molecule has 5 nitrogen and oxygen atoms in total. The van der Waals surface area contributed by atoms with Crippen LogP contribution in [-0.2, 0) is 10.3 Å². The molecule has 5 heteroatoms. The first kappa shape index (κ1) is 21.3. The zero-order valence-electron chi connectivity index (χ0n) is 17.4. The zero-order valence-corrected chi connectivity index (χ0v) is 17.4. The van der Waals surface area contributed by atoms with Gasteiger partial charge in [0.05, 0.1) is 11.5 Å². The minimum Gasteiger partial charge on any atom is -0.468 e. The average molecular weight is 397 g/mol. The normalized spacial score (nSPS) is 21.2. The quantitative estimate of drug-likeness (QED) is 0.595. The van der Waals surface area contributed by atoms with Crippen LogP contribution in [-0.4, -0.2) is 30.4 Å². The van der Waals surface area contributed by atoms with Gasteiger partial charge < -0.3 is 20.5 Å². The molecule has 0 radical (unpaired) electrons. The monoisotopic (exact) mass is 396 g/mol. The van der Waals surface area contributed by atoms with E-state index >= 15 is 0 Å². The van der Waals surface area contributed by atoms with Gasteiger partial charge in [0.2, 0.25) is 5.91 Å². The second-order valence-corrected chi connectivity index (χ2v) is 7.75. The minimum atomic E-state index is -0.358. The molecule has 3 N–H and O–H groups in total. The molecular formula is C24H32N2O3. The predicted molar refractivity (Wildman–Crippen MR) is 115 cm³/mol. The first-order valence-electron chi connectivity index (χ1n) is 10.5. The van der Waals surface area contributed by atoms with E-state index in [1.54, 1.807) is 12.1 Å². The summed E-state index contributed by atoms with van der Waals surface area (Å²) >= 11 is 0. The number of benzene rings is 2. The number of piperidine rings is 1. The number of aliphatic hydroxyl groups is 1. The van der Waals surface area contributed by atoms with Crippen molar-refractivity contribution in [1.29, 1.82) is 0 Å². The van der Waals surface area contributed by atoms with Crippen LogP contribution in [0.3, 0.4) is 0 Å². The summed E-state index contributed by atoms with van der Waals surface area (Å²) in [7, 11) is 0. The number of nitrogens with one attached hydrogen (secondary N) is 2. The Balaban J connectivity index is 1.77. The Bertz CT molecular complexity index is 770. The van der Waals surface area contributed by atoms with Crippen LogP contribution in [0.1, 0.15) is 56.6 Å². The fourth-order valence-corrected chi connectivity index (χ4v) is 4.41. The Morgan fingerprint density at radius 2 is 1.90 bits per heavy atom. The molecule has 156 valence electrons. The van der Waals surface area contributed by atoms with Gasteiger partial charge in [-0.25, -0.2) is 0 Å². The van der Waals surface area contributed by atoms with Crippen molar-refractivity contribution in [1.82, 2.24) is 10.6 Å². The maximum absolute atomic E-state index is 13.2. The van der Waals surface area contributed by atoms with Crippen molar-refractivity contribution in [3.63, 3.8) is 0 Å². The molecule has 0 saturated carbocycles. The van der Waals surface area contributed by atoms with Crippen LogP contribution in [0.2, 0.25) is 0 Å². The number of ether oxygens (including phenoxy) is 1. The third kappa shape index (κ3) is 4.80. The van der Waals surface area contributed by atoms with Gasteiger partial charge in [-0.15, -0.1) is 0 Å². The summed E-state index contributed by atoms with van der Waals surface area (Å²) in [5.41, 5.74) is 1.94. The topological polar surface area (TPSA) is 70.6 Å². The molecule has 1 saturated heterocycles. The Morgan fingerprint density at radius 3 is 2.48 bits per heavy atom. The standard InChI is InChI=1S/C24H32N2O3/c1-3-22(19-11-13-21(14-12-19)29-17-27)23(28)26-18(2)24(15-7-8-16-25-24)20-9-5-4-6-10-20/h4-6,9-14,18,22,25,27H,3,7-8,15-17H2,1-2H3,(H,26,28). The van der Waals surface area contributed by atoms with E-state index in [9.17, 15) is 4.79 Å². The highest BCUT2D eigenvalue weighted by Crippen LogP contribution is 2.34. The summed E-state index contributed by atoms with van der Waals surface area (Å²) in [5, 5.41) is 15.9. The van der Waals surface area contributed by atoms with Crippen molar-refractivity contribution in [3.8, 4) is 5.75 Å². The van der Waals surface area contributed by atoms with Crippen molar-refractivity contribution in [3.05, 3.63) is 65.7 Å². The first-order valence-corrected chi connectivity index (χ1v) is 10.5. The third-order valence-electron chi connectivity index (χ3n) is 6.06. The lowest BCUT2D eigenvalue weighted by molar-refractivity contribution is -0.124. The Kier molecular flexibility index (Phi) is 7.29. The lowest BCUT2D eigenvalue weighted by Gasteiger charge is -2.44. The molecule has 0 spiro atoms. The number of carbonyl (C=O) groups excluding carboxylic acids is 1. The van der Waals surface area contributed by atoms with E-state index in [-0.39, 0.29) is 30.2 Å². The van der Waals surface area contributed by atoms with Crippen LogP contribution in [0.4, 0.5) is 0 Å². The van der Waals surface area contributed by atoms with Crippen LogP contribution >= 0.6 is 0 Å². The highest BCUT2D eigenvalue weighted by molar-refractivity contribution is 5.84. The van der Waals surface area contributed by atoms with Gasteiger partial charge in [-0.2, -0.15) is 0 Å². The summed E-state index contributed by atoms with van der Waals surface area (Å²) in [6.45, 7) is 4.73. The van der Waals surface area contributed by atoms with Gasteiger partial charge in [0, 0.05) is 6.04 Å². The van der Waals surface area contributed by atoms with Crippen LogP contribution in [0, 0.1) is 0 Å². The minimum absolute atomic E-state index is 0.0382. The van der Waals surface area contributed by atoms with Crippen LogP contribution in [0.5, 0.6) is 5.75 Å². The average Bonchev–Trinajstić information content (AvgIpc) is 2.76. The summed E-state index contributed by atoms with van der Waals surface area (Å²) in [5.74, 6) is 0.407. The number of hydrogen-bond donors (Lipinski definition) is 3. The molecular weight excluding hydrogens is 364 g/mol. The highest BCUT2D eigenvalue weighted by atomic mass is 16.6. The molecule has 0 aliphatic carbocycles. The molecule has 2 aromatic rings. The Labute approximate surface area is 173 Å². The highest BCUT2D eigenvalue weighted by Gasteiger charge is 2.40. The summed E-state index contributed by atoms with van der Waals surface area (Å²) < 4.78 is 5.09. The van der Waals surface area contributed by atoms with Crippen LogP contribution in [0.25, 0.3) is 0 Å². The van der Waals surface area contributed by atoms with Gasteiger partial charge in [0.25, 0.3) is 0 Å². The number of hydrogen-bond acceptors (Lipinski definition) is 4. The van der Waals surface area contributed by atoms with E-state index in [0.717, 1.165) is 31.4 Å². The molecule has 3 rings (SSSR count). The molecule has 3 unspecified atom stereocenters. The first-order chi connectivity index (χ1) is 14.1. The van der Waals surface area contributed by atoms with Gasteiger partial charge >= 0.3 is 0 Å². The number of aliphatic hydroxyl groups excluding tert-OH is 1. The number of rotatable bonds is 8. The number of carbonyl (C=O) groups is 1. The smallest absolute Gasteiger partial charge is 0.227 e. The van der Waals surface area contributed by atoms with Crippen molar-refractivity contribution in [2.45, 2.75) is 57.0 Å².